The molecule has 2 aromatic rings. The molecule has 24 heavy (non-hydrogen) atoms. The SMILES string of the molecule is Cl.O=C(O)c1ccnc(-c2ccnc(N3C[C@H]4CC[C@@H](C3)N4)n2)c1. The summed E-state index contributed by atoms with van der Waals surface area (Å²) in [5.41, 5.74) is 1.39. The first-order valence-corrected chi connectivity index (χ1v) is 7.73. The van der Waals surface area contributed by atoms with Crippen molar-refractivity contribution in [2.24, 2.45) is 0 Å². The van der Waals surface area contributed by atoms with Gasteiger partial charge in [-0.15, -0.1) is 12.4 Å². The Balaban J connectivity index is 0.00000169. The van der Waals surface area contributed by atoms with Gasteiger partial charge in [-0.05, 0) is 31.0 Å². The fourth-order valence-corrected chi connectivity index (χ4v) is 3.31. The molecular weight excluding hydrogens is 330 g/mol. The van der Waals surface area contributed by atoms with E-state index in [9.17, 15) is 4.79 Å². The van der Waals surface area contributed by atoms with E-state index in [-0.39, 0.29) is 18.0 Å². The van der Waals surface area contributed by atoms with Gasteiger partial charge in [0.15, 0.2) is 0 Å². The number of carbonyl (C=O) groups is 1. The van der Waals surface area contributed by atoms with Crippen molar-refractivity contribution in [3.63, 3.8) is 0 Å². The minimum atomic E-state index is -0.971. The number of nitrogens with zero attached hydrogens (tertiary/aromatic N) is 4. The molecule has 8 heteroatoms. The summed E-state index contributed by atoms with van der Waals surface area (Å²) in [5, 5.41) is 12.7. The Bertz CT molecular complexity index is 745. The number of rotatable bonds is 3. The summed E-state index contributed by atoms with van der Waals surface area (Å²) in [5.74, 6) is -0.287. The highest BCUT2D eigenvalue weighted by Gasteiger charge is 2.33. The fraction of sp³-hybridized carbons (Fsp3) is 0.375. The molecule has 0 spiro atoms. The van der Waals surface area contributed by atoms with Gasteiger partial charge in [0.2, 0.25) is 5.95 Å². The third-order valence-corrected chi connectivity index (χ3v) is 4.41. The summed E-state index contributed by atoms with van der Waals surface area (Å²) in [6.45, 7) is 1.81. The Morgan fingerprint density at radius 2 is 1.83 bits per heavy atom. The lowest BCUT2D eigenvalue weighted by Gasteiger charge is -2.32. The highest BCUT2D eigenvalue weighted by Crippen LogP contribution is 2.24. The van der Waals surface area contributed by atoms with Crippen LogP contribution in [0, 0.1) is 0 Å². The number of nitrogens with one attached hydrogen (secondary N) is 1. The third kappa shape index (κ3) is 3.18. The molecule has 0 radical (unpaired) electrons. The second-order valence-electron chi connectivity index (χ2n) is 6.02. The van der Waals surface area contributed by atoms with E-state index in [1.807, 2.05) is 0 Å². The molecule has 0 aliphatic carbocycles. The van der Waals surface area contributed by atoms with Crippen LogP contribution in [0.4, 0.5) is 5.95 Å². The zero-order valence-corrected chi connectivity index (χ0v) is 13.7. The van der Waals surface area contributed by atoms with Gasteiger partial charge in [-0.3, -0.25) is 4.98 Å². The molecule has 4 heterocycles. The van der Waals surface area contributed by atoms with Gasteiger partial charge >= 0.3 is 5.97 Å². The maximum Gasteiger partial charge on any atom is 0.335 e. The van der Waals surface area contributed by atoms with Crippen molar-refractivity contribution in [3.8, 4) is 11.4 Å². The first kappa shape index (κ1) is 16.6. The van der Waals surface area contributed by atoms with E-state index in [2.05, 4.69) is 25.2 Å². The molecule has 0 amide bonds. The minimum absolute atomic E-state index is 0. The first-order chi connectivity index (χ1) is 11.2. The van der Waals surface area contributed by atoms with Gasteiger partial charge in [0.25, 0.3) is 0 Å². The highest BCUT2D eigenvalue weighted by molar-refractivity contribution is 5.88. The largest absolute Gasteiger partial charge is 0.478 e. The predicted molar refractivity (Wildman–Crippen MR) is 91.6 cm³/mol. The summed E-state index contributed by atoms with van der Waals surface area (Å²) in [4.78, 5) is 26.5. The third-order valence-electron chi connectivity index (χ3n) is 4.41. The van der Waals surface area contributed by atoms with Crippen LogP contribution >= 0.6 is 12.4 Å². The van der Waals surface area contributed by atoms with Crippen LogP contribution in [0.3, 0.4) is 0 Å². The Morgan fingerprint density at radius 3 is 2.54 bits per heavy atom. The van der Waals surface area contributed by atoms with Gasteiger partial charge in [-0.25, -0.2) is 14.8 Å². The van der Waals surface area contributed by atoms with Crippen molar-refractivity contribution in [3.05, 3.63) is 36.2 Å². The Kier molecular flexibility index (Phi) is 4.64. The van der Waals surface area contributed by atoms with Crippen LogP contribution in [0.15, 0.2) is 30.6 Å². The molecule has 7 nitrogen and oxygen atoms in total. The zero-order chi connectivity index (χ0) is 15.8. The number of aromatic carboxylic acids is 1. The van der Waals surface area contributed by atoms with Gasteiger partial charge in [0.1, 0.15) is 0 Å². The smallest absolute Gasteiger partial charge is 0.335 e. The van der Waals surface area contributed by atoms with Gasteiger partial charge in [-0.2, -0.15) is 0 Å². The number of hydrogen-bond acceptors (Lipinski definition) is 6. The van der Waals surface area contributed by atoms with Gasteiger partial charge < -0.3 is 15.3 Å². The Hall–Kier alpha value is -2.25. The van der Waals surface area contributed by atoms with E-state index >= 15 is 0 Å². The molecule has 2 bridgehead atoms. The monoisotopic (exact) mass is 347 g/mol. The van der Waals surface area contributed by atoms with Crippen molar-refractivity contribution < 1.29 is 9.90 Å². The molecule has 2 aromatic heterocycles. The van der Waals surface area contributed by atoms with Crippen molar-refractivity contribution in [1.82, 2.24) is 20.3 Å². The normalized spacial score (nSPS) is 22.1. The number of carboxylic acids is 1. The van der Waals surface area contributed by atoms with Gasteiger partial charge in [0.05, 0.1) is 17.0 Å². The lowest BCUT2D eigenvalue weighted by atomic mass is 10.2. The number of halogens is 1. The van der Waals surface area contributed by atoms with Crippen LogP contribution in [0.1, 0.15) is 23.2 Å². The van der Waals surface area contributed by atoms with Crippen molar-refractivity contribution in [2.45, 2.75) is 24.9 Å². The lowest BCUT2D eigenvalue weighted by molar-refractivity contribution is 0.0697. The van der Waals surface area contributed by atoms with Gasteiger partial charge in [-0.1, -0.05) is 0 Å². The maximum absolute atomic E-state index is 11.1. The Morgan fingerprint density at radius 1 is 1.12 bits per heavy atom. The van der Waals surface area contributed by atoms with E-state index < -0.39 is 5.97 Å². The van der Waals surface area contributed by atoms with Crippen molar-refractivity contribution in [2.75, 3.05) is 18.0 Å². The standard InChI is InChI=1S/C16H17N5O2.ClH/c22-15(23)10-3-5-17-14(7-10)13-4-6-18-16(20-13)21-8-11-1-2-12(9-21)19-11;/h3-7,11-12,19H,1-2,8-9H2,(H,22,23);1H/t11-,12+;. The number of piperazine rings is 1. The van der Waals surface area contributed by atoms with E-state index in [0.29, 0.717) is 29.4 Å². The van der Waals surface area contributed by atoms with Crippen molar-refractivity contribution >= 4 is 24.3 Å². The van der Waals surface area contributed by atoms with Crippen molar-refractivity contribution in [1.29, 1.82) is 0 Å². The maximum atomic E-state index is 11.1. The summed E-state index contributed by atoms with van der Waals surface area (Å²) in [6.07, 6.45) is 5.59. The highest BCUT2D eigenvalue weighted by atomic mass is 35.5. The number of fused-ring (bicyclic) bond motifs is 2. The molecule has 0 saturated carbocycles. The van der Waals surface area contributed by atoms with E-state index in [0.717, 1.165) is 13.1 Å². The number of aromatic nitrogens is 3. The minimum Gasteiger partial charge on any atom is -0.478 e. The Labute approximate surface area is 145 Å². The van der Waals surface area contributed by atoms with Crippen LogP contribution in [-0.4, -0.2) is 51.2 Å². The molecular formula is C16H18ClN5O2. The van der Waals surface area contributed by atoms with E-state index in [1.54, 1.807) is 12.3 Å². The molecule has 0 aromatic carbocycles. The quantitative estimate of drug-likeness (QED) is 0.871. The first-order valence-electron chi connectivity index (χ1n) is 7.73. The van der Waals surface area contributed by atoms with E-state index in [1.165, 1.54) is 31.2 Å². The van der Waals surface area contributed by atoms with Crippen LogP contribution in [0.5, 0.6) is 0 Å². The summed E-state index contributed by atoms with van der Waals surface area (Å²) in [6, 6.07) is 5.79. The average Bonchev–Trinajstić information content (AvgIpc) is 2.93. The molecule has 2 saturated heterocycles. The zero-order valence-electron chi connectivity index (χ0n) is 12.9. The molecule has 2 atom stereocenters. The predicted octanol–water partition coefficient (Wildman–Crippen LogP) is 1.60. The number of hydrogen-bond donors (Lipinski definition) is 2. The molecule has 2 N–H and O–H groups in total. The van der Waals surface area contributed by atoms with Gasteiger partial charge in [0, 0.05) is 37.6 Å². The second kappa shape index (κ2) is 6.70. The summed E-state index contributed by atoms with van der Waals surface area (Å²) >= 11 is 0. The van der Waals surface area contributed by atoms with Crippen LogP contribution in [0.25, 0.3) is 11.4 Å². The average molecular weight is 348 g/mol. The molecule has 2 fully saturated rings. The topological polar surface area (TPSA) is 91.2 Å². The number of pyridine rings is 1. The molecule has 126 valence electrons. The number of anilines is 1. The second-order valence-corrected chi connectivity index (χ2v) is 6.02. The molecule has 2 aliphatic rings. The number of carboxylic acid groups (broad SMARTS) is 1. The summed E-state index contributed by atoms with van der Waals surface area (Å²) < 4.78 is 0. The molecule has 0 unspecified atom stereocenters. The molecule has 4 rings (SSSR count). The van der Waals surface area contributed by atoms with Crippen LogP contribution in [-0.2, 0) is 0 Å². The summed E-state index contributed by atoms with van der Waals surface area (Å²) in [7, 11) is 0. The fourth-order valence-electron chi connectivity index (χ4n) is 3.31. The lowest BCUT2D eigenvalue weighted by Crippen LogP contribution is -2.51. The van der Waals surface area contributed by atoms with Crippen LogP contribution < -0.4 is 10.2 Å². The molecule has 2 aliphatic heterocycles. The van der Waals surface area contributed by atoms with Crippen LogP contribution in [0.2, 0.25) is 0 Å². The van der Waals surface area contributed by atoms with E-state index in [4.69, 9.17) is 5.11 Å².